The van der Waals surface area contributed by atoms with E-state index < -0.39 is 29.1 Å². The Balaban J connectivity index is 2.17. The number of imide groups is 1. The summed E-state index contributed by atoms with van der Waals surface area (Å²) in [4.78, 5) is 37.9. The monoisotopic (exact) mass is 398 g/mol. The molecule has 0 unspecified atom stereocenters. The van der Waals surface area contributed by atoms with Crippen LogP contribution in [-0.2, 0) is 14.3 Å². The molecule has 0 fully saturated rings. The molecule has 3 N–H and O–H groups in total. The third kappa shape index (κ3) is 5.84. The lowest BCUT2D eigenvalue weighted by Gasteiger charge is -2.29. The van der Waals surface area contributed by atoms with E-state index >= 15 is 0 Å². The van der Waals surface area contributed by atoms with Crippen LogP contribution in [0.1, 0.15) is 27.2 Å². The third-order valence-corrected chi connectivity index (χ3v) is 3.72. The molecule has 0 saturated carbocycles. The van der Waals surface area contributed by atoms with Crippen molar-refractivity contribution in [3.63, 3.8) is 0 Å². The number of carbonyl (C=O) groups is 3. The van der Waals surface area contributed by atoms with E-state index in [1.54, 1.807) is 57.2 Å². The van der Waals surface area contributed by atoms with Gasteiger partial charge < -0.3 is 9.84 Å². The molecule has 29 heavy (non-hydrogen) atoms. The van der Waals surface area contributed by atoms with E-state index in [1.165, 1.54) is 0 Å². The van der Waals surface area contributed by atoms with Crippen LogP contribution in [0.3, 0.4) is 0 Å². The highest BCUT2D eigenvalue weighted by atomic mass is 16.6. The van der Waals surface area contributed by atoms with Crippen LogP contribution in [0.5, 0.6) is 0 Å². The molecule has 2 rings (SSSR count). The van der Waals surface area contributed by atoms with E-state index in [0.717, 1.165) is 11.0 Å². The summed E-state index contributed by atoms with van der Waals surface area (Å²) in [6, 6.07) is 10.4. The van der Waals surface area contributed by atoms with Crippen LogP contribution in [0.25, 0.3) is 0 Å². The number of rotatable bonds is 4. The van der Waals surface area contributed by atoms with Crippen LogP contribution in [0, 0.1) is 11.3 Å². The SMILES string of the molecule is CC(C)(C)OC(=O)N1CCC(O)=C(/C=C(\C#N)C(=O)NNc2ccccc2)C1=O. The molecule has 3 amide bonds. The molecule has 152 valence electrons. The molecule has 0 aromatic heterocycles. The lowest BCUT2D eigenvalue weighted by atomic mass is 10.0. The Morgan fingerprint density at radius 3 is 2.52 bits per heavy atom. The molecule has 0 radical (unpaired) electrons. The number of hydrogen-bond donors (Lipinski definition) is 3. The number of aliphatic hydroxyl groups excluding tert-OH is 1. The topological polar surface area (TPSA) is 132 Å². The highest BCUT2D eigenvalue weighted by molar-refractivity contribution is 6.08. The summed E-state index contributed by atoms with van der Waals surface area (Å²) in [5.41, 5.74) is 4.01. The summed E-state index contributed by atoms with van der Waals surface area (Å²) in [5.74, 6) is -1.97. The van der Waals surface area contributed by atoms with Crippen molar-refractivity contribution in [3.05, 3.63) is 53.3 Å². The van der Waals surface area contributed by atoms with Crippen molar-refractivity contribution in [3.8, 4) is 6.07 Å². The van der Waals surface area contributed by atoms with Gasteiger partial charge in [-0.3, -0.25) is 20.4 Å². The van der Waals surface area contributed by atoms with E-state index in [2.05, 4.69) is 10.9 Å². The van der Waals surface area contributed by atoms with Gasteiger partial charge in [0.05, 0.1) is 11.3 Å². The first-order valence-electron chi connectivity index (χ1n) is 8.82. The second-order valence-electron chi connectivity index (χ2n) is 7.16. The number of anilines is 1. The Morgan fingerprint density at radius 2 is 1.93 bits per heavy atom. The predicted octanol–water partition coefficient (Wildman–Crippen LogP) is 2.56. The van der Waals surface area contributed by atoms with Gasteiger partial charge in [0.25, 0.3) is 11.8 Å². The number of nitrogens with zero attached hydrogens (tertiary/aromatic N) is 2. The minimum atomic E-state index is -0.866. The van der Waals surface area contributed by atoms with E-state index in [0.29, 0.717) is 5.69 Å². The maximum Gasteiger partial charge on any atom is 0.417 e. The van der Waals surface area contributed by atoms with E-state index in [-0.39, 0.29) is 24.3 Å². The Bertz CT molecular complexity index is 907. The van der Waals surface area contributed by atoms with E-state index in [9.17, 15) is 24.8 Å². The predicted molar refractivity (Wildman–Crippen MR) is 104 cm³/mol. The summed E-state index contributed by atoms with van der Waals surface area (Å²) in [7, 11) is 0. The molecule has 1 aromatic carbocycles. The molecule has 0 bridgehead atoms. The fourth-order valence-corrected chi connectivity index (χ4v) is 2.37. The number of nitriles is 1. The molecule has 9 heteroatoms. The standard InChI is InChI=1S/C20H22N4O5/c1-20(2,3)29-19(28)24-10-9-16(25)15(18(24)27)11-13(12-21)17(26)23-22-14-7-5-4-6-8-14/h4-8,11,22,25H,9-10H2,1-3H3,(H,23,26)/b13-11+. The van der Waals surface area contributed by atoms with Crippen molar-refractivity contribution < 1.29 is 24.2 Å². The minimum absolute atomic E-state index is 0.0145. The fraction of sp³-hybridized carbons (Fsp3) is 0.300. The number of nitrogens with one attached hydrogen (secondary N) is 2. The van der Waals surface area contributed by atoms with Crippen LogP contribution < -0.4 is 10.9 Å². The number of hydrogen-bond acceptors (Lipinski definition) is 7. The normalized spacial score (nSPS) is 14.9. The van der Waals surface area contributed by atoms with Crippen molar-refractivity contribution >= 4 is 23.6 Å². The second-order valence-corrected chi connectivity index (χ2v) is 7.16. The number of ether oxygens (including phenoxy) is 1. The number of benzene rings is 1. The van der Waals surface area contributed by atoms with Crippen molar-refractivity contribution in [2.45, 2.75) is 32.8 Å². The Labute approximate surface area is 168 Å². The molecular formula is C20H22N4O5. The first-order valence-corrected chi connectivity index (χ1v) is 8.82. The van der Waals surface area contributed by atoms with Gasteiger partial charge in [0.2, 0.25) is 0 Å². The molecule has 0 aliphatic carbocycles. The molecule has 1 heterocycles. The van der Waals surface area contributed by atoms with Gasteiger partial charge in [-0.05, 0) is 39.0 Å². The molecule has 0 atom stereocenters. The summed E-state index contributed by atoms with van der Waals surface area (Å²) >= 11 is 0. The average Bonchev–Trinajstić information content (AvgIpc) is 2.65. The molecule has 1 aromatic rings. The minimum Gasteiger partial charge on any atom is -0.511 e. The first kappa shape index (κ1) is 21.5. The first-order chi connectivity index (χ1) is 13.6. The zero-order valence-electron chi connectivity index (χ0n) is 16.4. The summed E-state index contributed by atoms with van der Waals surface area (Å²) in [6.07, 6.45) is 0.0740. The Morgan fingerprint density at radius 1 is 1.28 bits per heavy atom. The van der Waals surface area contributed by atoms with Crippen LogP contribution in [0.15, 0.2) is 53.3 Å². The van der Waals surface area contributed by atoms with Gasteiger partial charge in [0, 0.05) is 13.0 Å². The average molecular weight is 398 g/mol. The fourth-order valence-electron chi connectivity index (χ4n) is 2.37. The van der Waals surface area contributed by atoms with Gasteiger partial charge in [-0.25, -0.2) is 9.69 Å². The number of amides is 3. The highest BCUT2D eigenvalue weighted by Gasteiger charge is 2.34. The molecule has 9 nitrogen and oxygen atoms in total. The van der Waals surface area contributed by atoms with Crippen molar-refractivity contribution in [1.82, 2.24) is 10.3 Å². The van der Waals surface area contributed by atoms with Crippen molar-refractivity contribution in [2.75, 3.05) is 12.0 Å². The number of para-hydroxylation sites is 1. The quantitative estimate of drug-likeness (QED) is 0.403. The van der Waals surface area contributed by atoms with Crippen LogP contribution in [0.4, 0.5) is 10.5 Å². The van der Waals surface area contributed by atoms with Crippen molar-refractivity contribution in [2.24, 2.45) is 0 Å². The number of carbonyl (C=O) groups excluding carboxylic acids is 3. The van der Waals surface area contributed by atoms with Gasteiger partial charge in [-0.1, -0.05) is 18.2 Å². The maximum absolute atomic E-state index is 12.6. The Hall–Kier alpha value is -3.80. The van der Waals surface area contributed by atoms with Crippen molar-refractivity contribution in [1.29, 1.82) is 5.26 Å². The number of hydrazine groups is 1. The van der Waals surface area contributed by atoms with Gasteiger partial charge in [-0.2, -0.15) is 5.26 Å². The van der Waals surface area contributed by atoms with Gasteiger partial charge in [-0.15, -0.1) is 0 Å². The molecule has 1 aliphatic rings. The molecule has 0 spiro atoms. The van der Waals surface area contributed by atoms with Gasteiger partial charge in [0.1, 0.15) is 23.0 Å². The van der Waals surface area contributed by atoms with Gasteiger partial charge >= 0.3 is 6.09 Å². The Kier molecular flexibility index (Phi) is 6.62. The van der Waals surface area contributed by atoms with E-state index in [1.807, 2.05) is 0 Å². The molecular weight excluding hydrogens is 376 g/mol. The highest BCUT2D eigenvalue weighted by Crippen LogP contribution is 2.22. The van der Waals surface area contributed by atoms with E-state index in [4.69, 9.17) is 4.74 Å². The lowest BCUT2D eigenvalue weighted by Crippen LogP contribution is -2.44. The molecule has 1 aliphatic heterocycles. The molecule has 0 saturated heterocycles. The zero-order valence-corrected chi connectivity index (χ0v) is 16.4. The summed E-state index contributed by atoms with van der Waals surface area (Å²) < 4.78 is 5.18. The lowest BCUT2D eigenvalue weighted by molar-refractivity contribution is -0.127. The summed E-state index contributed by atoms with van der Waals surface area (Å²) in [5, 5.41) is 19.4. The van der Waals surface area contributed by atoms with Gasteiger partial charge in [0.15, 0.2) is 0 Å². The third-order valence-electron chi connectivity index (χ3n) is 3.72. The van der Waals surface area contributed by atoms with Crippen LogP contribution >= 0.6 is 0 Å². The zero-order chi connectivity index (χ0) is 21.6. The largest absolute Gasteiger partial charge is 0.511 e. The number of aliphatic hydroxyl groups is 1. The van der Waals surface area contributed by atoms with Crippen LogP contribution in [-0.4, -0.2) is 40.1 Å². The maximum atomic E-state index is 12.6. The smallest absolute Gasteiger partial charge is 0.417 e. The van der Waals surface area contributed by atoms with Crippen LogP contribution in [0.2, 0.25) is 0 Å². The second kappa shape index (κ2) is 8.93. The summed E-state index contributed by atoms with van der Waals surface area (Å²) in [6.45, 7) is 4.91.